The molecule has 0 spiro atoms. The van der Waals surface area contributed by atoms with Crippen LogP contribution in [0.3, 0.4) is 0 Å². The molecule has 5 nitrogen and oxygen atoms in total. The third-order valence-electron chi connectivity index (χ3n) is 7.05. The Bertz CT molecular complexity index is 977. The maximum atomic E-state index is 13.4. The second kappa shape index (κ2) is 9.48. The zero-order chi connectivity index (χ0) is 22.9. The van der Waals surface area contributed by atoms with Crippen LogP contribution in [0.1, 0.15) is 55.8 Å². The number of nitrogens with one attached hydrogen (secondary N) is 1. The summed E-state index contributed by atoms with van der Waals surface area (Å²) in [5, 5.41) is 13.6. The molecule has 1 aromatic carbocycles. The van der Waals surface area contributed by atoms with Crippen molar-refractivity contribution in [2.24, 2.45) is 11.8 Å². The Kier molecular flexibility index (Phi) is 6.86. The Morgan fingerprint density at radius 2 is 2.00 bits per heavy atom. The number of carbonyl (C=O) groups excluding carboxylic acids is 1. The zero-order valence-corrected chi connectivity index (χ0v) is 19.0. The van der Waals surface area contributed by atoms with Crippen LogP contribution in [0.2, 0.25) is 5.02 Å². The van der Waals surface area contributed by atoms with Crippen LogP contribution in [0, 0.1) is 11.8 Å². The maximum Gasteiger partial charge on any atom is 0.253 e. The first kappa shape index (κ1) is 23.2. The lowest BCUT2D eigenvalue weighted by Crippen LogP contribution is -2.34. The minimum absolute atomic E-state index is 0.0534. The smallest absolute Gasteiger partial charge is 0.253 e. The van der Waals surface area contributed by atoms with E-state index in [1.54, 1.807) is 6.07 Å². The van der Waals surface area contributed by atoms with Gasteiger partial charge in [0.25, 0.3) is 5.91 Å². The van der Waals surface area contributed by atoms with E-state index in [9.17, 15) is 18.7 Å². The molecule has 4 rings (SSSR count). The second-order valence-corrected chi connectivity index (χ2v) is 9.48. The third-order valence-corrected chi connectivity index (χ3v) is 7.37. The number of fused-ring (bicyclic) bond motifs is 1. The van der Waals surface area contributed by atoms with Crippen molar-refractivity contribution in [3.63, 3.8) is 0 Å². The normalized spacial score (nSPS) is 23.6. The molecule has 0 radical (unpaired) electrons. The van der Waals surface area contributed by atoms with Crippen LogP contribution in [-0.2, 0) is 0 Å². The Morgan fingerprint density at radius 1 is 1.25 bits per heavy atom. The highest BCUT2D eigenvalue weighted by molar-refractivity contribution is 6.35. The molecule has 1 amide bonds. The fourth-order valence-electron chi connectivity index (χ4n) is 5.16. The van der Waals surface area contributed by atoms with Gasteiger partial charge in [0.05, 0.1) is 16.1 Å². The number of alkyl halides is 2. The van der Waals surface area contributed by atoms with Crippen LogP contribution < -0.4 is 10.2 Å². The fourth-order valence-corrected chi connectivity index (χ4v) is 5.41. The van der Waals surface area contributed by atoms with Gasteiger partial charge in [-0.3, -0.25) is 4.79 Å². The molecule has 1 aliphatic carbocycles. The van der Waals surface area contributed by atoms with E-state index < -0.39 is 5.92 Å². The standard InChI is InChI=1S/C24H30ClF2N3O2/c1-2-20-16(14-31)9-12-30(20)21-6-3-17-19(29-21)5-4-18(25)22(17)23(32)28-13-15-7-10-24(26,27)11-8-15/h3-6,15-16,20,31H,2,7-14H2,1H3,(H,28,32)/t16?,20-/m0/s1. The van der Waals surface area contributed by atoms with E-state index in [0.717, 1.165) is 25.2 Å². The predicted octanol–water partition coefficient (Wildman–Crippen LogP) is 5.04. The average Bonchev–Trinajstić information content (AvgIpc) is 3.21. The molecule has 2 aromatic rings. The van der Waals surface area contributed by atoms with Crippen molar-refractivity contribution in [3.05, 3.63) is 34.9 Å². The molecule has 2 atom stereocenters. The monoisotopic (exact) mass is 465 g/mol. The SMILES string of the molecule is CC[C@H]1C(CO)CCN1c1ccc2c(C(=O)NCC3CCC(F)(F)CC3)c(Cl)ccc2n1. The number of rotatable bonds is 6. The van der Waals surface area contributed by atoms with Crippen molar-refractivity contribution >= 4 is 34.2 Å². The van der Waals surface area contributed by atoms with Crippen LogP contribution in [0.5, 0.6) is 0 Å². The molecule has 174 valence electrons. The van der Waals surface area contributed by atoms with Gasteiger partial charge in [-0.05, 0) is 55.9 Å². The van der Waals surface area contributed by atoms with Crippen LogP contribution in [0.25, 0.3) is 10.9 Å². The first-order valence-electron chi connectivity index (χ1n) is 11.5. The summed E-state index contributed by atoms with van der Waals surface area (Å²) in [5.41, 5.74) is 1.04. The number of hydrogen-bond donors (Lipinski definition) is 2. The van der Waals surface area contributed by atoms with E-state index in [4.69, 9.17) is 16.6 Å². The number of hydrogen-bond acceptors (Lipinski definition) is 4. The van der Waals surface area contributed by atoms with Gasteiger partial charge in [-0.25, -0.2) is 13.8 Å². The number of aromatic nitrogens is 1. The van der Waals surface area contributed by atoms with Crippen LogP contribution in [0.15, 0.2) is 24.3 Å². The van der Waals surface area contributed by atoms with E-state index in [2.05, 4.69) is 17.1 Å². The Labute approximate surface area is 192 Å². The number of benzene rings is 1. The molecule has 1 saturated heterocycles. The van der Waals surface area contributed by atoms with Crippen molar-refractivity contribution in [2.75, 3.05) is 24.6 Å². The molecule has 0 bridgehead atoms. The fraction of sp³-hybridized carbons (Fsp3) is 0.583. The summed E-state index contributed by atoms with van der Waals surface area (Å²) in [6.45, 7) is 3.48. The van der Waals surface area contributed by atoms with Gasteiger partial charge in [0, 0.05) is 49.9 Å². The van der Waals surface area contributed by atoms with E-state index in [-0.39, 0.29) is 43.2 Å². The van der Waals surface area contributed by atoms with Gasteiger partial charge < -0.3 is 15.3 Å². The largest absolute Gasteiger partial charge is 0.396 e. The van der Waals surface area contributed by atoms with Gasteiger partial charge in [0.1, 0.15) is 5.82 Å². The number of pyridine rings is 1. The van der Waals surface area contributed by atoms with Crippen LogP contribution in [0.4, 0.5) is 14.6 Å². The van der Waals surface area contributed by atoms with Gasteiger partial charge in [-0.1, -0.05) is 18.5 Å². The van der Waals surface area contributed by atoms with Crippen molar-refractivity contribution < 1.29 is 18.7 Å². The number of carbonyl (C=O) groups is 1. The zero-order valence-electron chi connectivity index (χ0n) is 18.3. The molecular formula is C24H30ClF2N3O2. The highest BCUT2D eigenvalue weighted by atomic mass is 35.5. The molecule has 2 heterocycles. The number of anilines is 1. The van der Waals surface area contributed by atoms with Crippen molar-refractivity contribution in [2.45, 2.75) is 57.4 Å². The van der Waals surface area contributed by atoms with E-state index in [0.29, 0.717) is 40.9 Å². The predicted molar refractivity (Wildman–Crippen MR) is 123 cm³/mol. The lowest BCUT2D eigenvalue weighted by Gasteiger charge is -2.28. The first-order valence-corrected chi connectivity index (χ1v) is 11.8. The molecule has 1 aromatic heterocycles. The lowest BCUT2D eigenvalue weighted by molar-refractivity contribution is -0.0452. The minimum Gasteiger partial charge on any atom is -0.396 e. The van der Waals surface area contributed by atoms with E-state index in [1.807, 2.05) is 18.2 Å². The molecule has 1 saturated carbocycles. The topological polar surface area (TPSA) is 65.5 Å². The first-order chi connectivity index (χ1) is 15.3. The summed E-state index contributed by atoms with van der Waals surface area (Å²) in [6.07, 6.45) is 2.42. The lowest BCUT2D eigenvalue weighted by atomic mass is 9.87. The minimum atomic E-state index is -2.58. The number of amides is 1. The number of nitrogens with zero attached hydrogens (tertiary/aromatic N) is 2. The maximum absolute atomic E-state index is 13.4. The second-order valence-electron chi connectivity index (χ2n) is 9.07. The van der Waals surface area contributed by atoms with Crippen LogP contribution >= 0.6 is 11.6 Å². The van der Waals surface area contributed by atoms with E-state index >= 15 is 0 Å². The molecular weight excluding hydrogens is 436 g/mol. The number of aliphatic hydroxyl groups excluding tert-OH is 1. The van der Waals surface area contributed by atoms with Gasteiger partial charge in [0.2, 0.25) is 5.92 Å². The summed E-state index contributed by atoms with van der Waals surface area (Å²) in [4.78, 5) is 20.0. The van der Waals surface area contributed by atoms with Gasteiger partial charge >= 0.3 is 0 Å². The summed E-state index contributed by atoms with van der Waals surface area (Å²) in [6, 6.07) is 7.50. The highest BCUT2D eigenvalue weighted by Crippen LogP contribution is 2.36. The summed E-state index contributed by atoms with van der Waals surface area (Å²) >= 11 is 6.38. The highest BCUT2D eigenvalue weighted by Gasteiger charge is 2.35. The van der Waals surface area contributed by atoms with Gasteiger partial charge in [0.15, 0.2) is 0 Å². The quantitative estimate of drug-likeness (QED) is 0.627. The molecule has 2 aliphatic rings. The van der Waals surface area contributed by atoms with E-state index in [1.165, 1.54) is 0 Å². The van der Waals surface area contributed by atoms with Gasteiger partial charge in [-0.15, -0.1) is 0 Å². The van der Waals surface area contributed by atoms with Crippen LogP contribution in [-0.4, -0.2) is 47.7 Å². The molecule has 32 heavy (non-hydrogen) atoms. The molecule has 2 fully saturated rings. The Hall–Kier alpha value is -1.99. The molecule has 8 heteroatoms. The van der Waals surface area contributed by atoms with Gasteiger partial charge in [-0.2, -0.15) is 0 Å². The molecule has 1 aliphatic heterocycles. The number of halogens is 3. The summed E-state index contributed by atoms with van der Waals surface area (Å²) in [7, 11) is 0. The van der Waals surface area contributed by atoms with Crippen molar-refractivity contribution in [3.8, 4) is 0 Å². The molecule has 2 N–H and O–H groups in total. The summed E-state index contributed by atoms with van der Waals surface area (Å²) in [5.74, 6) is -1.76. The summed E-state index contributed by atoms with van der Waals surface area (Å²) < 4.78 is 26.7. The Morgan fingerprint density at radius 3 is 2.69 bits per heavy atom. The molecule has 1 unspecified atom stereocenters. The van der Waals surface area contributed by atoms with Crippen molar-refractivity contribution in [1.29, 1.82) is 0 Å². The third kappa shape index (κ3) is 4.69. The Balaban J connectivity index is 1.52. The average molecular weight is 466 g/mol. The number of aliphatic hydroxyl groups is 1. The van der Waals surface area contributed by atoms with Crippen molar-refractivity contribution in [1.82, 2.24) is 10.3 Å².